The molecular formula is C19H24Cl2IN3O2. The van der Waals surface area contributed by atoms with Gasteiger partial charge in [0.15, 0.2) is 5.96 Å². The van der Waals surface area contributed by atoms with E-state index in [1.807, 2.05) is 37.3 Å². The molecular weight excluding hydrogens is 500 g/mol. The number of ether oxygens (including phenoxy) is 2. The second-order valence-electron chi connectivity index (χ2n) is 5.72. The van der Waals surface area contributed by atoms with Crippen molar-refractivity contribution in [2.75, 3.05) is 20.3 Å². The monoisotopic (exact) mass is 523 g/mol. The molecule has 0 radical (unpaired) electrons. The van der Waals surface area contributed by atoms with E-state index in [1.54, 1.807) is 19.2 Å². The van der Waals surface area contributed by atoms with E-state index in [9.17, 15) is 0 Å². The van der Waals surface area contributed by atoms with Crippen LogP contribution in [0.4, 0.5) is 0 Å². The Kier molecular flexibility index (Phi) is 10.8. The maximum absolute atomic E-state index is 6.22. The summed E-state index contributed by atoms with van der Waals surface area (Å²) in [6.45, 7) is 3.52. The largest absolute Gasteiger partial charge is 0.491 e. The summed E-state index contributed by atoms with van der Waals surface area (Å²) in [5.74, 6) is 1.15. The molecule has 1 atom stereocenters. The Morgan fingerprint density at radius 3 is 2.48 bits per heavy atom. The summed E-state index contributed by atoms with van der Waals surface area (Å²) in [6.07, 6.45) is 0. The first kappa shape index (κ1) is 23.8. The molecule has 0 saturated heterocycles. The maximum Gasteiger partial charge on any atom is 0.189 e. The molecule has 0 bridgehead atoms. The zero-order valence-corrected chi connectivity index (χ0v) is 19.1. The van der Waals surface area contributed by atoms with Crippen molar-refractivity contribution in [2.45, 2.75) is 19.5 Å². The zero-order valence-electron chi connectivity index (χ0n) is 15.2. The first-order valence-corrected chi connectivity index (χ1v) is 8.97. The van der Waals surface area contributed by atoms with Crippen LogP contribution in [-0.2, 0) is 11.3 Å². The van der Waals surface area contributed by atoms with Crippen LogP contribution in [0.5, 0.6) is 5.75 Å². The highest BCUT2D eigenvalue weighted by molar-refractivity contribution is 14.0. The molecule has 0 spiro atoms. The third-order valence-corrected chi connectivity index (χ3v) is 4.27. The molecule has 0 aliphatic rings. The highest BCUT2D eigenvalue weighted by atomic mass is 127. The number of halogens is 3. The average Bonchev–Trinajstić information content (AvgIpc) is 2.61. The van der Waals surface area contributed by atoms with Gasteiger partial charge in [-0.25, -0.2) is 4.99 Å². The molecule has 1 unspecified atom stereocenters. The lowest BCUT2D eigenvalue weighted by molar-refractivity contribution is 0.146. The smallest absolute Gasteiger partial charge is 0.189 e. The van der Waals surface area contributed by atoms with E-state index in [1.165, 1.54) is 0 Å². The van der Waals surface area contributed by atoms with Gasteiger partial charge in [0.2, 0.25) is 0 Å². The van der Waals surface area contributed by atoms with Crippen LogP contribution in [-0.4, -0.2) is 26.3 Å². The minimum absolute atomic E-state index is 0. The van der Waals surface area contributed by atoms with Crippen LogP contribution in [0.25, 0.3) is 0 Å². The van der Waals surface area contributed by atoms with Crippen molar-refractivity contribution in [3.05, 3.63) is 63.6 Å². The fourth-order valence-electron chi connectivity index (χ4n) is 2.31. The summed E-state index contributed by atoms with van der Waals surface area (Å²) in [5, 5.41) is 4.33. The highest BCUT2D eigenvalue weighted by Gasteiger charge is 2.10. The Morgan fingerprint density at radius 2 is 1.85 bits per heavy atom. The fourth-order valence-corrected chi connectivity index (χ4v) is 2.88. The molecule has 3 N–H and O–H groups in total. The van der Waals surface area contributed by atoms with Gasteiger partial charge in [-0.2, -0.15) is 0 Å². The van der Waals surface area contributed by atoms with Gasteiger partial charge >= 0.3 is 0 Å². The third-order valence-electron chi connectivity index (χ3n) is 3.70. The van der Waals surface area contributed by atoms with Crippen LogP contribution in [0.3, 0.4) is 0 Å². The van der Waals surface area contributed by atoms with Gasteiger partial charge in [0.25, 0.3) is 0 Å². The summed E-state index contributed by atoms with van der Waals surface area (Å²) < 4.78 is 10.5. The molecule has 5 nitrogen and oxygen atoms in total. The van der Waals surface area contributed by atoms with Gasteiger partial charge in [0.05, 0.1) is 19.2 Å². The molecule has 2 aromatic rings. The second-order valence-corrected chi connectivity index (χ2v) is 6.56. The number of nitrogens with two attached hydrogens (primary N) is 1. The molecule has 8 heteroatoms. The van der Waals surface area contributed by atoms with E-state index in [4.69, 9.17) is 38.4 Å². The first-order valence-electron chi connectivity index (χ1n) is 8.21. The van der Waals surface area contributed by atoms with Crippen LogP contribution < -0.4 is 15.8 Å². The topological polar surface area (TPSA) is 68.9 Å². The third kappa shape index (κ3) is 8.13. The number of nitrogens with zero attached hydrogens (tertiary/aromatic N) is 1. The van der Waals surface area contributed by atoms with E-state index in [-0.39, 0.29) is 30.0 Å². The van der Waals surface area contributed by atoms with Gasteiger partial charge in [0.1, 0.15) is 12.4 Å². The van der Waals surface area contributed by atoms with Crippen LogP contribution in [0.15, 0.2) is 47.5 Å². The summed E-state index contributed by atoms with van der Waals surface area (Å²) in [7, 11) is 1.64. The summed E-state index contributed by atoms with van der Waals surface area (Å²) in [4.78, 5) is 4.37. The van der Waals surface area contributed by atoms with E-state index in [2.05, 4.69) is 10.3 Å². The number of hydrogen-bond donors (Lipinski definition) is 2. The van der Waals surface area contributed by atoms with Crippen molar-refractivity contribution >= 4 is 53.1 Å². The highest BCUT2D eigenvalue weighted by Crippen LogP contribution is 2.25. The lowest BCUT2D eigenvalue weighted by Gasteiger charge is -2.16. The Morgan fingerprint density at radius 1 is 1.15 bits per heavy atom. The van der Waals surface area contributed by atoms with Crippen molar-refractivity contribution < 1.29 is 9.47 Å². The fraction of sp³-hybridized carbons (Fsp3) is 0.316. The lowest BCUT2D eigenvalue weighted by atomic mass is 10.1. The molecule has 0 fully saturated rings. The molecule has 0 aliphatic carbocycles. The first-order chi connectivity index (χ1) is 12.5. The van der Waals surface area contributed by atoms with Crippen LogP contribution >= 0.6 is 47.2 Å². The molecule has 0 saturated carbocycles. The lowest BCUT2D eigenvalue weighted by Crippen LogP contribution is -2.34. The molecule has 0 aliphatic heterocycles. The van der Waals surface area contributed by atoms with Crippen LogP contribution in [0.1, 0.15) is 24.1 Å². The SMILES string of the molecule is COCCOc1ccc(CN=C(N)NC(C)c2ccc(Cl)cc2Cl)cc1.I. The molecule has 0 amide bonds. The summed E-state index contributed by atoms with van der Waals surface area (Å²) >= 11 is 12.1. The average molecular weight is 524 g/mol. The number of aliphatic imine (C=N–C) groups is 1. The number of methoxy groups -OCH3 is 1. The van der Waals surface area contributed by atoms with Crippen molar-refractivity contribution in [1.29, 1.82) is 0 Å². The molecule has 0 aromatic heterocycles. The minimum Gasteiger partial charge on any atom is -0.491 e. The van der Waals surface area contributed by atoms with Gasteiger partial charge in [-0.1, -0.05) is 41.4 Å². The van der Waals surface area contributed by atoms with E-state index in [0.717, 1.165) is 16.9 Å². The molecule has 2 aromatic carbocycles. The Hall–Kier alpha value is -1.22. The van der Waals surface area contributed by atoms with Gasteiger partial charge in [-0.15, -0.1) is 24.0 Å². The Bertz CT molecular complexity index is 742. The molecule has 0 heterocycles. The standard InChI is InChI=1S/C19H23Cl2N3O2.HI/c1-13(17-8-5-15(20)11-18(17)21)24-19(22)23-12-14-3-6-16(7-4-14)26-10-9-25-2;/h3-8,11,13H,9-10,12H2,1-2H3,(H3,22,23,24);1H. The minimum atomic E-state index is -0.0833. The van der Waals surface area contributed by atoms with Crippen molar-refractivity contribution in [1.82, 2.24) is 5.32 Å². The number of benzene rings is 2. The van der Waals surface area contributed by atoms with E-state index >= 15 is 0 Å². The number of hydrogen-bond acceptors (Lipinski definition) is 3. The maximum atomic E-state index is 6.22. The molecule has 2 rings (SSSR count). The zero-order chi connectivity index (χ0) is 18.9. The molecule has 27 heavy (non-hydrogen) atoms. The van der Waals surface area contributed by atoms with Gasteiger partial charge in [0, 0.05) is 17.2 Å². The van der Waals surface area contributed by atoms with Crippen molar-refractivity contribution in [3.8, 4) is 5.75 Å². The normalized spacial score (nSPS) is 12.2. The van der Waals surface area contributed by atoms with Crippen LogP contribution in [0, 0.1) is 0 Å². The number of guanidine groups is 1. The van der Waals surface area contributed by atoms with E-state index in [0.29, 0.717) is 35.8 Å². The summed E-state index contributed by atoms with van der Waals surface area (Å²) in [5.41, 5.74) is 7.92. The van der Waals surface area contributed by atoms with Crippen LogP contribution in [0.2, 0.25) is 10.0 Å². The van der Waals surface area contributed by atoms with Gasteiger partial charge < -0.3 is 20.5 Å². The van der Waals surface area contributed by atoms with E-state index < -0.39 is 0 Å². The quantitative estimate of drug-likeness (QED) is 0.226. The predicted octanol–water partition coefficient (Wildman–Crippen LogP) is 4.80. The predicted molar refractivity (Wildman–Crippen MR) is 123 cm³/mol. The van der Waals surface area contributed by atoms with Crippen molar-refractivity contribution in [3.63, 3.8) is 0 Å². The summed E-state index contributed by atoms with van der Waals surface area (Å²) in [6, 6.07) is 13.0. The Labute approximate surface area is 187 Å². The Balaban J connectivity index is 0.00000364. The number of nitrogens with one attached hydrogen (secondary N) is 1. The number of rotatable bonds is 8. The van der Waals surface area contributed by atoms with Crippen molar-refractivity contribution in [2.24, 2.45) is 10.7 Å². The second kappa shape index (κ2) is 12.3. The van der Waals surface area contributed by atoms with Gasteiger partial charge in [-0.3, -0.25) is 0 Å². The molecule has 148 valence electrons. The van der Waals surface area contributed by atoms with Gasteiger partial charge in [-0.05, 0) is 42.3 Å².